The van der Waals surface area contributed by atoms with Crippen LogP contribution in [0, 0.1) is 0 Å². The molecule has 1 unspecified atom stereocenters. The maximum absolute atomic E-state index is 12.1. The molecule has 112 valence electrons. The maximum Gasteiger partial charge on any atom is 0.273 e. The first-order valence-electron chi connectivity index (χ1n) is 7.47. The first kappa shape index (κ1) is 14.8. The quantitative estimate of drug-likeness (QED) is 0.846. The number of carbonyl (C=O) groups excluding carboxylic acids is 1. The Kier molecular flexibility index (Phi) is 5.00. The largest absolute Gasteiger partial charge is 0.396 e. The molecule has 1 saturated heterocycles. The summed E-state index contributed by atoms with van der Waals surface area (Å²) in [6, 6.07) is 0.355. The lowest BCUT2D eigenvalue weighted by atomic mass is 10.1. The van der Waals surface area contributed by atoms with Crippen LogP contribution in [0.4, 0.5) is 5.69 Å². The zero-order chi connectivity index (χ0) is 14.5. The molecule has 1 aromatic rings. The lowest BCUT2D eigenvalue weighted by molar-refractivity contribution is 0.0925. The SMILES string of the molecule is CCn1cc(N)c(C(=O)NCC(C)N2CCCCC2)n1. The van der Waals surface area contributed by atoms with E-state index >= 15 is 0 Å². The summed E-state index contributed by atoms with van der Waals surface area (Å²) >= 11 is 0. The fourth-order valence-electron chi connectivity index (χ4n) is 2.59. The summed E-state index contributed by atoms with van der Waals surface area (Å²) in [5, 5.41) is 7.12. The minimum atomic E-state index is -0.182. The van der Waals surface area contributed by atoms with Crippen molar-refractivity contribution in [1.82, 2.24) is 20.0 Å². The van der Waals surface area contributed by atoms with E-state index in [1.165, 1.54) is 19.3 Å². The Labute approximate surface area is 120 Å². The van der Waals surface area contributed by atoms with E-state index in [0.29, 0.717) is 30.5 Å². The number of nitrogens with two attached hydrogens (primary N) is 1. The second kappa shape index (κ2) is 6.74. The van der Waals surface area contributed by atoms with Crippen LogP contribution < -0.4 is 11.1 Å². The molecule has 0 aromatic carbocycles. The number of likely N-dealkylation sites (tertiary alicyclic amines) is 1. The van der Waals surface area contributed by atoms with Crippen molar-refractivity contribution in [2.24, 2.45) is 0 Å². The van der Waals surface area contributed by atoms with Gasteiger partial charge in [0.05, 0.1) is 5.69 Å². The third-order valence-corrected chi connectivity index (χ3v) is 3.90. The summed E-state index contributed by atoms with van der Waals surface area (Å²) in [5.74, 6) is -0.182. The van der Waals surface area contributed by atoms with E-state index in [2.05, 4.69) is 22.2 Å². The molecule has 6 heteroatoms. The minimum Gasteiger partial charge on any atom is -0.396 e. The molecule has 0 radical (unpaired) electrons. The molecular formula is C14H25N5O. The van der Waals surface area contributed by atoms with E-state index in [4.69, 9.17) is 5.73 Å². The highest BCUT2D eigenvalue weighted by Crippen LogP contribution is 2.12. The molecule has 1 aliphatic heterocycles. The second-order valence-corrected chi connectivity index (χ2v) is 5.44. The average molecular weight is 279 g/mol. The molecule has 2 rings (SSSR count). The number of aryl methyl sites for hydroxylation is 1. The summed E-state index contributed by atoms with van der Waals surface area (Å²) in [5.41, 5.74) is 6.58. The topological polar surface area (TPSA) is 76.2 Å². The van der Waals surface area contributed by atoms with Crippen molar-refractivity contribution in [2.45, 2.75) is 45.7 Å². The number of aromatic nitrogens is 2. The maximum atomic E-state index is 12.1. The van der Waals surface area contributed by atoms with Gasteiger partial charge in [-0.15, -0.1) is 0 Å². The van der Waals surface area contributed by atoms with Gasteiger partial charge in [-0.25, -0.2) is 0 Å². The highest BCUT2D eigenvalue weighted by Gasteiger charge is 2.19. The third kappa shape index (κ3) is 3.50. The Morgan fingerprint density at radius 2 is 2.15 bits per heavy atom. The fourth-order valence-corrected chi connectivity index (χ4v) is 2.59. The van der Waals surface area contributed by atoms with Gasteiger partial charge in [0.25, 0.3) is 5.91 Å². The summed E-state index contributed by atoms with van der Waals surface area (Å²) in [7, 11) is 0. The summed E-state index contributed by atoms with van der Waals surface area (Å²) in [4.78, 5) is 14.5. The van der Waals surface area contributed by atoms with Gasteiger partial charge in [-0.2, -0.15) is 5.10 Å². The number of anilines is 1. The van der Waals surface area contributed by atoms with Crippen molar-refractivity contribution in [1.29, 1.82) is 0 Å². The molecular weight excluding hydrogens is 254 g/mol. The number of nitrogen functional groups attached to an aromatic ring is 1. The molecule has 0 bridgehead atoms. The summed E-state index contributed by atoms with van der Waals surface area (Å²) < 4.78 is 1.68. The van der Waals surface area contributed by atoms with E-state index < -0.39 is 0 Å². The Bertz CT molecular complexity index is 450. The highest BCUT2D eigenvalue weighted by molar-refractivity contribution is 5.96. The van der Waals surface area contributed by atoms with Gasteiger partial charge in [0, 0.05) is 25.3 Å². The van der Waals surface area contributed by atoms with E-state index in [1.807, 2.05) is 6.92 Å². The van der Waals surface area contributed by atoms with Gasteiger partial charge in [0.15, 0.2) is 5.69 Å². The Hall–Kier alpha value is -1.56. The van der Waals surface area contributed by atoms with Gasteiger partial charge in [-0.05, 0) is 39.8 Å². The third-order valence-electron chi connectivity index (χ3n) is 3.90. The van der Waals surface area contributed by atoms with E-state index in [9.17, 15) is 4.79 Å². The van der Waals surface area contributed by atoms with Crippen molar-refractivity contribution in [3.8, 4) is 0 Å². The van der Waals surface area contributed by atoms with Gasteiger partial charge in [-0.3, -0.25) is 14.4 Å². The van der Waals surface area contributed by atoms with Crippen LogP contribution in [0.25, 0.3) is 0 Å². The lowest BCUT2D eigenvalue weighted by Crippen LogP contribution is -2.44. The molecule has 0 saturated carbocycles. The van der Waals surface area contributed by atoms with Crippen LogP contribution in [0.3, 0.4) is 0 Å². The smallest absolute Gasteiger partial charge is 0.273 e. The molecule has 6 nitrogen and oxygen atoms in total. The molecule has 1 amide bonds. The van der Waals surface area contributed by atoms with Crippen molar-refractivity contribution in [3.05, 3.63) is 11.9 Å². The number of nitrogens with zero attached hydrogens (tertiary/aromatic N) is 3. The van der Waals surface area contributed by atoms with Gasteiger partial charge < -0.3 is 11.1 Å². The number of hydrogen-bond donors (Lipinski definition) is 2. The number of rotatable bonds is 5. The molecule has 1 aromatic heterocycles. The Morgan fingerprint density at radius 3 is 2.75 bits per heavy atom. The molecule has 1 fully saturated rings. The number of piperidine rings is 1. The van der Waals surface area contributed by atoms with Crippen LogP contribution in [0.2, 0.25) is 0 Å². The average Bonchev–Trinajstić information content (AvgIpc) is 2.86. The molecule has 1 aliphatic rings. The van der Waals surface area contributed by atoms with Gasteiger partial charge in [0.2, 0.25) is 0 Å². The second-order valence-electron chi connectivity index (χ2n) is 5.44. The van der Waals surface area contributed by atoms with Crippen LogP contribution in [0.15, 0.2) is 6.20 Å². The molecule has 0 spiro atoms. The van der Waals surface area contributed by atoms with Crippen LogP contribution in [-0.4, -0.2) is 46.3 Å². The van der Waals surface area contributed by atoms with Crippen LogP contribution in [0.5, 0.6) is 0 Å². The van der Waals surface area contributed by atoms with Crippen molar-refractivity contribution in [2.75, 3.05) is 25.4 Å². The molecule has 2 heterocycles. The zero-order valence-electron chi connectivity index (χ0n) is 12.4. The standard InChI is InChI=1S/C14H25N5O/c1-3-19-10-12(15)13(17-19)14(20)16-9-11(2)18-7-5-4-6-8-18/h10-11H,3-9,15H2,1-2H3,(H,16,20). The zero-order valence-corrected chi connectivity index (χ0v) is 12.4. The Balaban J connectivity index is 1.86. The first-order chi connectivity index (χ1) is 9.61. The number of nitrogens with one attached hydrogen (secondary N) is 1. The normalized spacial score (nSPS) is 17.9. The molecule has 1 atom stereocenters. The van der Waals surface area contributed by atoms with Crippen LogP contribution in [0.1, 0.15) is 43.6 Å². The molecule has 3 N–H and O–H groups in total. The first-order valence-corrected chi connectivity index (χ1v) is 7.47. The van der Waals surface area contributed by atoms with Gasteiger partial charge >= 0.3 is 0 Å². The van der Waals surface area contributed by atoms with Crippen LogP contribution >= 0.6 is 0 Å². The van der Waals surface area contributed by atoms with Crippen molar-refractivity contribution < 1.29 is 4.79 Å². The van der Waals surface area contributed by atoms with E-state index in [1.54, 1.807) is 10.9 Å². The lowest BCUT2D eigenvalue weighted by Gasteiger charge is -2.32. The van der Waals surface area contributed by atoms with Crippen LogP contribution in [-0.2, 0) is 6.54 Å². The summed E-state index contributed by atoms with van der Waals surface area (Å²) in [6.45, 7) is 7.72. The van der Waals surface area contributed by atoms with Gasteiger partial charge in [0.1, 0.15) is 0 Å². The van der Waals surface area contributed by atoms with E-state index in [0.717, 1.165) is 13.1 Å². The predicted octanol–water partition coefficient (Wildman–Crippen LogP) is 1.09. The monoisotopic (exact) mass is 279 g/mol. The molecule has 0 aliphatic carbocycles. The minimum absolute atomic E-state index is 0.182. The van der Waals surface area contributed by atoms with Gasteiger partial charge in [-0.1, -0.05) is 6.42 Å². The highest BCUT2D eigenvalue weighted by atomic mass is 16.2. The number of hydrogen-bond acceptors (Lipinski definition) is 4. The summed E-state index contributed by atoms with van der Waals surface area (Å²) in [6.07, 6.45) is 5.53. The fraction of sp³-hybridized carbons (Fsp3) is 0.714. The number of amides is 1. The van der Waals surface area contributed by atoms with E-state index in [-0.39, 0.29) is 5.91 Å². The van der Waals surface area contributed by atoms with Crippen molar-refractivity contribution >= 4 is 11.6 Å². The number of carbonyl (C=O) groups is 1. The molecule has 20 heavy (non-hydrogen) atoms. The van der Waals surface area contributed by atoms with Crippen molar-refractivity contribution in [3.63, 3.8) is 0 Å². The predicted molar refractivity (Wildman–Crippen MR) is 79.5 cm³/mol. The Morgan fingerprint density at radius 1 is 1.45 bits per heavy atom.